The molecule has 90 valence electrons. The molecule has 3 aromatic rings. The molecule has 1 aromatic carbocycles. The van der Waals surface area contributed by atoms with Crippen molar-refractivity contribution in [1.29, 1.82) is 0 Å². The van der Waals surface area contributed by atoms with Crippen LogP contribution in [0.3, 0.4) is 0 Å². The zero-order valence-corrected chi connectivity index (χ0v) is 11.8. The third-order valence-electron chi connectivity index (χ3n) is 2.56. The molecule has 0 aliphatic heterocycles. The molecule has 3 rings (SSSR count). The van der Waals surface area contributed by atoms with E-state index in [1.807, 2.05) is 18.2 Å². The van der Waals surface area contributed by atoms with Gasteiger partial charge in [-0.15, -0.1) is 0 Å². The van der Waals surface area contributed by atoms with Gasteiger partial charge in [-0.25, -0.2) is 4.98 Å². The van der Waals surface area contributed by atoms with Crippen LogP contribution in [0.1, 0.15) is 0 Å². The number of rotatable bonds is 2. The zero-order valence-electron chi connectivity index (χ0n) is 9.35. The van der Waals surface area contributed by atoms with E-state index in [9.17, 15) is 0 Å². The van der Waals surface area contributed by atoms with Gasteiger partial charge in [0, 0.05) is 21.6 Å². The maximum absolute atomic E-state index is 5.94. The van der Waals surface area contributed by atoms with Gasteiger partial charge in [0.05, 0.1) is 10.7 Å². The van der Waals surface area contributed by atoms with Crippen LogP contribution in [0.25, 0.3) is 10.9 Å². The Morgan fingerprint density at radius 2 is 2.06 bits per heavy atom. The van der Waals surface area contributed by atoms with Crippen molar-refractivity contribution in [3.63, 3.8) is 0 Å². The van der Waals surface area contributed by atoms with Gasteiger partial charge in [0.2, 0.25) is 0 Å². The number of nitrogens with one attached hydrogen (secondary N) is 1. The van der Waals surface area contributed by atoms with Gasteiger partial charge in [-0.2, -0.15) is 0 Å². The van der Waals surface area contributed by atoms with E-state index in [1.54, 1.807) is 6.20 Å². The number of nitrogens with zero attached hydrogens (tertiary/aromatic N) is 1. The molecular weight excluding hydrogens is 310 g/mol. The van der Waals surface area contributed by atoms with Gasteiger partial charge in [-0.1, -0.05) is 30.0 Å². The first-order chi connectivity index (χ1) is 8.72. The van der Waals surface area contributed by atoms with Gasteiger partial charge in [-0.05, 0) is 34.1 Å². The SMILES string of the molecule is Nc1cc(Br)cnc1Sc1cc2ccccc2[nH]1. The lowest BCUT2D eigenvalue weighted by Crippen LogP contribution is -1.91. The Morgan fingerprint density at radius 3 is 2.83 bits per heavy atom. The van der Waals surface area contributed by atoms with Crippen LogP contribution in [0.4, 0.5) is 5.69 Å². The number of hydrogen-bond acceptors (Lipinski definition) is 3. The number of H-pyrrole nitrogens is 1. The van der Waals surface area contributed by atoms with Crippen LogP contribution in [-0.2, 0) is 0 Å². The highest BCUT2D eigenvalue weighted by Gasteiger charge is 2.06. The second kappa shape index (κ2) is 4.66. The third-order valence-corrected chi connectivity index (χ3v) is 3.97. The van der Waals surface area contributed by atoms with Gasteiger partial charge >= 0.3 is 0 Å². The smallest absolute Gasteiger partial charge is 0.125 e. The third kappa shape index (κ3) is 2.23. The van der Waals surface area contributed by atoms with Gasteiger partial charge in [-0.3, -0.25) is 0 Å². The summed E-state index contributed by atoms with van der Waals surface area (Å²) in [5.74, 6) is 0. The quantitative estimate of drug-likeness (QED) is 0.749. The van der Waals surface area contributed by atoms with Crippen LogP contribution in [0.5, 0.6) is 0 Å². The molecule has 0 bridgehead atoms. The fourth-order valence-electron chi connectivity index (χ4n) is 1.73. The van der Waals surface area contributed by atoms with Gasteiger partial charge in [0.25, 0.3) is 0 Å². The highest BCUT2D eigenvalue weighted by Crippen LogP contribution is 2.32. The van der Waals surface area contributed by atoms with Crippen molar-refractivity contribution in [3.05, 3.63) is 47.1 Å². The van der Waals surface area contributed by atoms with E-state index in [1.165, 1.54) is 17.1 Å². The van der Waals surface area contributed by atoms with Crippen molar-refractivity contribution in [2.24, 2.45) is 0 Å². The van der Waals surface area contributed by atoms with E-state index in [0.717, 1.165) is 20.0 Å². The number of nitrogens with two attached hydrogens (primary N) is 1. The van der Waals surface area contributed by atoms with Crippen LogP contribution in [0.2, 0.25) is 0 Å². The number of anilines is 1. The summed E-state index contributed by atoms with van der Waals surface area (Å²) < 4.78 is 0.890. The summed E-state index contributed by atoms with van der Waals surface area (Å²) in [6, 6.07) is 12.1. The minimum Gasteiger partial charge on any atom is -0.397 e. The standard InChI is InChI=1S/C13H10BrN3S/c14-9-6-10(15)13(16-7-9)18-12-5-8-3-1-2-4-11(8)17-12/h1-7,17H,15H2. The van der Waals surface area contributed by atoms with Crippen molar-refractivity contribution < 1.29 is 0 Å². The van der Waals surface area contributed by atoms with Gasteiger partial charge in [0.1, 0.15) is 5.03 Å². The highest BCUT2D eigenvalue weighted by atomic mass is 79.9. The van der Waals surface area contributed by atoms with Crippen LogP contribution in [0, 0.1) is 0 Å². The molecule has 2 aromatic heterocycles. The van der Waals surface area contributed by atoms with E-state index >= 15 is 0 Å². The number of fused-ring (bicyclic) bond motifs is 1. The van der Waals surface area contributed by atoms with Gasteiger partial charge in [0.15, 0.2) is 0 Å². The molecule has 0 radical (unpaired) electrons. The largest absolute Gasteiger partial charge is 0.397 e. The molecule has 0 atom stereocenters. The summed E-state index contributed by atoms with van der Waals surface area (Å²) >= 11 is 4.89. The predicted octanol–water partition coefficient (Wildman–Crippen LogP) is 4.06. The average molecular weight is 320 g/mol. The fraction of sp³-hybridized carbons (Fsp3) is 0. The van der Waals surface area contributed by atoms with Crippen molar-refractivity contribution in [1.82, 2.24) is 9.97 Å². The molecule has 3 N–H and O–H groups in total. The molecule has 0 aliphatic rings. The average Bonchev–Trinajstić information content (AvgIpc) is 2.75. The molecule has 18 heavy (non-hydrogen) atoms. The van der Waals surface area contributed by atoms with E-state index in [-0.39, 0.29) is 0 Å². The number of hydrogen-bond donors (Lipinski definition) is 2. The van der Waals surface area contributed by atoms with E-state index in [2.05, 4.69) is 44.1 Å². The number of benzene rings is 1. The van der Waals surface area contributed by atoms with Crippen LogP contribution in [0.15, 0.2) is 57.1 Å². The summed E-state index contributed by atoms with van der Waals surface area (Å²) in [5, 5.41) is 3.04. The van der Waals surface area contributed by atoms with Crippen molar-refractivity contribution in [2.45, 2.75) is 10.1 Å². The zero-order chi connectivity index (χ0) is 12.5. The van der Waals surface area contributed by atoms with E-state index in [0.29, 0.717) is 5.69 Å². The van der Waals surface area contributed by atoms with Crippen molar-refractivity contribution in [2.75, 3.05) is 5.73 Å². The van der Waals surface area contributed by atoms with Crippen LogP contribution < -0.4 is 5.73 Å². The lowest BCUT2D eigenvalue weighted by molar-refractivity contribution is 1.12. The summed E-state index contributed by atoms with van der Waals surface area (Å²) in [4.78, 5) is 7.66. The summed E-state index contributed by atoms with van der Waals surface area (Å²) in [6.07, 6.45) is 1.75. The fourth-order valence-corrected chi connectivity index (χ4v) is 2.92. The molecule has 0 fully saturated rings. The first-order valence-electron chi connectivity index (χ1n) is 5.39. The lowest BCUT2D eigenvalue weighted by Gasteiger charge is -2.02. The minimum atomic E-state index is 0.674. The van der Waals surface area contributed by atoms with Crippen molar-refractivity contribution in [3.8, 4) is 0 Å². The monoisotopic (exact) mass is 319 g/mol. The van der Waals surface area contributed by atoms with Gasteiger partial charge < -0.3 is 10.7 Å². The first-order valence-corrected chi connectivity index (χ1v) is 7.00. The Morgan fingerprint density at radius 1 is 1.22 bits per heavy atom. The summed E-state index contributed by atoms with van der Waals surface area (Å²) in [7, 11) is 0. The second-order valence-corrected chi connectivity index (χ2v) is 5.82. The molecule has 3 nitrogen and oxygen atoms in total. The normalized spacial score (nSPS) is 10.9. The number of halogens is 1. The Kier molecular flexibility index (Phi) is 3.01. The maximum atomic E-state index is 5.94. The van der Waals surface area contributed by atoms with Crippen LogP contribution in [-0.4, -0.2) is 9.97 Å². The predicted molar refractivity (Wildman–Crippen MR) is 78.8 cm³/mol. The maximum Gasteiger partial charge on any atom is 0.125 e. The van der Waals surface area contributed by atoms with E-state index in [4.69, 9.17) is 5.73 Å². The van der Waals surface area contributed by atoms with E-state index < -0.39 is 0 Å². The number of aromatic nitrogens is 2. The van der Waals surface area contributed by atoms with Crippen LogP contribution >= 0.6 is 27.7 Å². The molecular formula is C13H10BrN3S. The Bertz CT molecular complexity index is 675. The van der Waals surface area contributed by atoms with Crippen molar-refractivity contribution >= 4 is 44.3 Å². The number of nitrogen functional groups attached to an aromatic ring is 1. The molecule has 0 spiro atoms. The lowest BCUT2D eigenvalue weighted by atomic mass is 10.3. The summed E-state index contributed by atoms with van der Waals surface area (Å²) in [6.45, 7) is 0. The number of aromatic amines is 1. The second-order valence-electron chi connectivity index (χ2n) is 3.87. The number of pyridine rings is 1. The highest BCUT2D eigenvalue weighted by molar-refractivity contribution is 9.10. The molecule has 0 unspecified atom stereocenters. The molecule has 0 saturated heterocycles. The molecule has 2 heterocycles. The number of para-hydroxylation sites is 1. The Balaban J connectivity index is 1.96. The molecule has 5 heteroatoms. The topological polar surface area (TPSA) is 54.7 Å². The Labute approximate surface area is 117 Å². The summed E-state index contributed by atoms with van der Waals surface area (Å²) in [5.41, 5.74) is 7.73. The molecule has 0 aliphatic carbocycles. The minimum absolute atomic E-state index is 0.674. The molecule has 0 saturated carbocycles. The first kappa shape index (κ1) is 11.6. The molecule has 0 amide bonds. The Hall–Kier alpha value is -1.46.